The second-order valence-electron chi connectivity index (χ2n) is 6.83. The van der Waals surface area contributed by atoms with Crippen molar-refractivity contribution in [2.24, 2.45) is 0 Å². The molecule has 2 rings (SSSR count). The lowest BCUT2D eigenvalue weighted by Gasteiger charge is -2.22. The Balaban J connectivity index is 1.85. The van der Waals surface area contributed by atoms with Gasteiger partial charge in [-0.3, -0.25) is 9.10 Å². The Morgan fingerprint density at radius 1 is 1.26 bits per heavy atom. The smallest absolute Gasteiger partial charge is 0.240 e. The lowest BCUT2D eigenvalue weighted by atomic mass is 10.2. The number of rotatable bonds is 8. The monoisotopic (exact) mass is 419 g/mol. The van der Waals surface area contributed by atoms with E-state index < -0.39 is 21.7 Å². The van der Waals surface area contributed by atoms with Crippen LogP contribution >= 0.6 is 11.6 Å². The average Bonchev–Trinajstić information content (AvgIpc) is 2.87. The maximum atomic E-state index is 13.3. The molecule has 1 aromatic rings. The van der Waals surface area contributed by atoms with E-state index >= 15 is 0 Å². The van der Waals surface area contributed by atoms with Gasteiger partial charge in [0.25, 0.3) is 0 Å². The van der Waals surface area contributed by atoms with Crippen LogP contribution in [0.25, 0.3) is 0 Å². The predicted octanol–water partition coefficient (Wildman–Crippen LogP) is 2.63. The largest absolute Gasteiger partial charge is 0.354 e. The lowest BCUT2D eigenvalue weighted by Crippen LogP contribution is -2.41. The maximum Gasteiger partial charge on any atom is 0.240 e. The van der Waals surface area contributed by atoms with Crippen molar-refractivity contribution in [1.29, 1.82) is 0 Å². The van der Waals surface area contributed by atoms with Gasteiger partial charge >= 0.3 is 0 Å². The van der Waals surface area contributed by atoms with Crippen LogP contribution in [0.3, 0.4) is 0 Å². The number of nitrogens with one attached hydrogen (secondary N) is 1. The SMILES string of the molecule is CS(=O)(=O)N(CC(=O)NCCCN1CCCCCC1)c1ccc(F)c(Cl)c1. The minimum absolute atomic E-state index is 0.156. The van der Waals surface area contributed by atoms with Crippen LogP contribution in [0.5, 0.6) is 0 Å². The number of anilines is 1. The van der Waals surface area contributed by atoms with E-state index in [4.69, 9.17) is 11.6 Å². The Morgan fingerprint density at radius 2 is 1.93 bits per heavy atom. The molecule has 0 aliphatic carbocycles. The zero-order valence-corrected chi connectivity index (χ0v) is 17.2. The van der Waals surface area contributed by atoms with Gasteiger partial charge in [0.05, 0.1) is 17.0 Å². The first-order valence-electron chi connectivity index (χ1n) is 9.19. The summed E-state index contributed by atoms with van der Waals surface area (Å²) in [7, 11) is -3.71. The first kappa shape index (κ1) is 21.9. The standard InChI is InChI=1S/C18H27ClFN3O3S/c1-27(25,26)23(15-7-8-17(20)16(19)13-15)14-18(24)21-9-6-12-22-10-4-2-3-5-11-22/h7-8,13H,2-6,9-12,14H2,1H3,(H,21,24). The minimum Gasteiger partial charge on any atom is -0.354 e. The van der Waals surface area contributed by atoms with Crippen molar-refractivity contribution in [3.8, 4) is 0 Å². The van der Waals surface area contributed by atoms with Crippen LogP contribution in [0, 0.1) is 5.82 Å². The van der Waals surface area contributed by atoms with Crippen molar-refractivity contribution in [3.63, 3.8) is 0 Å². The van der Waals surface area contributed by atoms with E-state index in [1.54, 1.807) is 0 Å². The van der Waals surface area contributed by atoms with Crippen LogP contribution in [0.4, 0.5) is 10.1 Å². The van der Waals surface area contributed by atoms with E-state index in [2.05, 4.69) is 10.2 Å². The Morgan fingerprint density at radius 3 is 2.52 bits per heavy atom. The van der Waals surface area contributed by atoms with Crippen LogP contribution in [-0.4, -0.2) is 58.2 Å². The highest BCUT2D eigenvalue weighted by Gasteiger charge is 2.21. The first-order valence-corrected chi connectivity index (χ1v) is 11.4. The van der Waals surface area contributed by atoms with E-state index in [9.17, 15) is 17.6 Å². The van der Waals surface area contributed by atoms with Crippen LogP contribution in [-0.2, 0) is 14.8 Å². The molecule has 0 aromatic heterocycles. The molecule has 1 amide bonds. The summed E-state index contributed by atoms with van der Waals surface area (Å²) in [5.41, 5.74) is 0.156. The third-order valence-corrected chi connectivity index (χ3v) is 5.98. The fourth-order valence-electron chi connectivity index (χ4n) is 3.12. The Kier molecular flexibility index (Phi) is 8.31. The first-order chi connectivity index (χ1) is 12.8. The third-order valence-electron chi connectivity index (χ3n) is 4.55. The van der Waals surface area contributed by atoms with E-state index in [1.807, 2.05) is 0 Å². The molecule has 1 aliphatic heterocycles. The number of benzene rings is 1. The van der Waals surface area contributed by atoms with Crippen LogP contribution < -0.4 is 9.62 Å². The molecule has 9 heteroatoms. The van der Waals surface area contributed by atoms with Gasteiger partial charge in [0.1, 0.15) is 12.4 Å². The van der Waals surface area contributed by atoms with Crippen molar-refractivity contribution in [1.82, 2.24) is 10.2 Å². The summed E-state index contributed by atoms with van der Waals surface area (Å²) < 4.78 is 38.3. The number of hydrogen-bond acceptors (Lipinski definition) is 4. The van der Waals surface area contributed by atoms with Crippen molar-refractivity contribution in [3.05, 3.63) is 29.0 Å². The van der Waals surface area contributed by atoms with Crippen molar-refractivity contribution >= 4 is 33.2 Å². The topological polar surface area (TPSA) is 69.7 Å². The quantitative estimate of drug-likeness (QED) is 0.657. The molecule has 1 fully saturated rings. The van der Waals surface area contributed by atoms with Gasteiger partial charge < -0.3 is 10.2 Å². The second-order valence-corrected chi connectivity index (χ2v) is 9.14. The van der Waals surface area contributed by atoms with E-state index in [1.165, 1.54) is 37.8 Å². The molecule has 1 saturated heterocycles. The normalized spacial score (nSPS) is 16.0. The van der Waals surface area contributed by atoms with Crippen molar-refractivity contribution in [2.75, 3.05) is 43.3 Å². The number of sulfonamides is 1. The van der Waals surface area contributed by atoms with Crippen LogP contribution in [0.1, 0.15) is 32.1 Å². The van der Waals surface area contributed by atoms with Crippen molar-refractivity contribution in [2.45, 2.75) is 32.1 Å². The molecular formula is C18H27ClFN3O3S. The fraction of sp³-hybridized carbons (Fsp3) is 0.611. The van der Waals surface area contributed by atoms with Gasteiger partial charge in [-0.1, -0.05) is 24.4 Å². The number of likely N-dealkylation sites (tertiary alicyclic amines) is 1. The predicted molar refractivity (Wildman–Crippen MR) is 106 cm³/mol. The summed E-state index contributed by atoms with van der Waals surface area (Å²) in [5, 5.41) is 2.56. The van der Waals surface area contributed by atoms with E-state index in [0.717, 1.165) is 42.7 Å². The molecule has 0 spiro atoms. The highest BCUT2D eigenvalue weighted by molar-refractivity contribution is 7.92. The zero-order chi connectivity index (χ0) is 19.9. The Bertz CT molecular complexity index is 737. The van der Waals surface area contributed by atoms with Crippen molar-refractivity contribution < 1.29 is 17.6 Å². The zero-order valence-electron chi connectivity index (χ0n) is 15.6. The Hall–Kier alpha value is -1.38. The van der Waals surface area contributed by atoms with Gasteiger partial charge in [-0.2, -0.15) is 0 Å². The Labute approximate surface area is 165 Å². The molecule has 1 aliphatic rings. The third kappa shape index (κ3) is 7.27. The minimum atomic E-state index is -3.71. The molecular weight excluding hydrogens is 393 g/mol. The van der Waals surface area contributed by atoms with E-state index in [0.29, 0.717) is 6.54 Å². The number of amides is 1. The summed E-state index contributed by atoms with van der Waals surface area (Å²) >= 11 is 5.73. The average molecular weight is 420 g/mol. The second kappa shape index (κ2) is 10.2. The molecule has 0 unspecified atom stereocenters. The molecule has 0 radical (unpaired) electrons. The number of nitrogens with zero attached hydrogens (tertiary/aromatic N) is 2. The van der Waals surface area contributed by atoms with Crippen LogP contribution in [0.2, 0.25) is 5.02 Å². The van der Waals surface area contributed by atoms with E-state index in [-0.39, 0.29) is 17.3 Å². The maximum absolute atomic E-state index is 13.3. The number of carbonyl (C=O) groups is 1. The molecule has 152 valence electrons. The summed E-state index contributed by atoms with van der Waals surface area (Å²) in [6.45, 7) is 3.23. The fourth-order valence-corrected chi connectivity index (χ4v) is 4.14. The summed E-state index contributed by atoms with van der Waals surface area (Å²) in [4.78, 5) is 14.6. The molecule has 0 saturated carbocycles. The number of hydrogen-bond donors (Lipinski definition) is 1. The number of carbonyl (C=O) groups excluding carboxylic acids is 1. The molecule has 0 atom stereocenters. The van der Waals surface area contributed by atoms with Gasteiger partial charge in [-0.25, -0.2) is 12.8 Å². The van der Waals surface area contributed by atoms with Crippen LogP contribution in [0.15, 0.2) is 18.2 Å². The van der Waals surface area contributed by atoms with Gasteiger partial charge in [0.15, 0.2) is 0 Å². The molecule has 27 heavy (non-hydrogen) atoms. The molecule has 6 nitrogen and oxygen atoms in total. The lowest BCUT2D eigenvalue weighted by molar-refractivity contribution is -0.119. The van der Waals surface area contributed by atoms with Gasteiger partial charge in [0.2, 0.25) is 15.9 Å². The summed E-state index contributed by atoms with van der Waals surface area (Å²) in [5.74, 6) is -1.05. The molecule has 1 N–H and O–H groups in total. The number of halogens is 2. The molecule has 1 aromatic carbocycles. The molecule has 1 heterocycles. The van der Waals surface area contributed by atoms with Gasteiger partial charge in [0, 0.05) is 6.54 Å². The van der Waals surface area contributed by atoms with Gasteiger partial charge in [-0.05, 0) is 57.1 Å². The van der Waals surface area contributed by atoms with Gasteiger partial charge in [-0.15, -0.1) is 0 Å². The highest BCUT2D eigenvalue weighted by atomic mass is 35.5. The summed E-state index contributed by atoms with van der Waals surface area (Å²) in [6, 6.07) is 3.56. The summed E-state index contributed by atoms with van der Waals surface area (Å²) in [6.07, 6.45) is 6.81. The highest BCUT2D eigenvalue weighted by Crippen LogP contribution is 2.24. The molecule has 0 bridgehead atoms.